The van der Waals surface area contributed by atoms with Crippen LogP contribution in [0.25, 0.3) is 0 Å². The predicted molar refractivity (Wildman–Crippen MR) is 75.0 cm³/mol. The summed E-state index contributed by atoms with van der Waals surface area (Å²) in [5.41, 5.74) is 1.19. The Hall–Kier alpha value is -1.57. The number of hydrogen-bond donors (Lipinski definition) is 1. The molecule has 0 aromatic heterocycles. The van der Waals surface area contributed by atoms with E-state index in [9.17, 15) is 0 Å². The van der Waals surface area contributed by atoms with E-state index in [1.165, 1.54) is 5.56 Å². The molecule has 0 spiro atoms. The Labute approximate surface area is 115 Å². The molecule has 0 saturated carbocycles. The van der Waals surface area contributed by atoms with Crippen molar-refractivity contribution in [2.45, 2.75) is 26.3 Å². The van der Waals surface area contributed by atoms with E-state index in [4.69, 9.17) is 14.7 Å². The minimum Gasteiger partial charge on any atom is -0.494 e. The van der Waals surface area contributed by atoms with Crippen LogP contribution in [0.5, 0.6) is 5.75 Å². The fourth-order valence-corrected chi connectivity index (χ4v) is 1.61. The summed E-state index contributed by atoms with van der Waals surface area (Å²) in [7, 11) is 0. The number of ether oxygens (including phenoxy) is 2. The first-order chi connectivity index (χ1) is 9.36. The molecule has 1 aromatic rings. The summed E-state index contributed by atoms with van der Waals surface area (Å²) in [4.78, 5) is 0. The molecule has 0 heterocycles. The summed E-state index contributed by atoms with van der Waals surface area (Å²) < 4.78 is 10.8. The number of rotatable bonds is 10. The molecule has 0 amide bonds. The molecule has 0 saturated heterocycles. The third kappa shape index (κ3) is 7.45. The highest BCUT2D eigenvalue weighted by Crippen LogP contribution is 2.13. The summed E-state index contributed by atoms with van der Waals surface area (Å²) in [5, 5.41) is 11.8. The van der Waals surface area contributed by atoms with Crippen molar-refractivity contribution < 1.29 is 9.47 Å². The van der Waals surface area contributed by atoms with Crippen molar-refractivity contribution >= 4 is 0 Å². The highest BCUT2D eigenvalue weighted by molar-refractivity contribution is 5.28. The Morgan fingerprint density at radius 2 is 2.21 bits per heavy atom. The van der Waals surface area contributed by atoms with Gasteiger partial charge in [0.1, 0.15) is 5.75 Å². The van der Waals surface area contributed by atoms with E-state index in [0.29, 0.717) is 13.0 Å². The minimum atomic E-state index is 0.540. The molecule has 19 heavy (non-hydrogen) atoms. The molecule has 4 heteroatoms. The highest BCUT2D eigenvalue weighted by Gasteiger charge is 1.97. The Morgan fingerprint density at radius 1 is 1.32 bits per heavy atom. The fraction of sp³-hybridized carbons (Fsp3) is 0.533. The zero-order valence-electron chi connectivity index (χ0n) is 11.5. The molecule has 1 aromatic carbocycles. The molecule has 0 atom stereocenters. The lowest BCUT2D eigenvalue weighted by Crippen LogP contribution is -2.19. The van der Waals surface area contributed by atoms with Gasteiger partial charge in [-0.05, 0) is 31.0 Å². The van der Waals surface area contributed by atoms with Crippen molar-refractivity contribution in [3.63, 3.8) is 0 Å². The molecule has 0 aliphatic carbocycles. The number of benzene rings is 1. The zero-order valence-corrected chi connectivity index (χ0v) is 11.5. The quantitative estimate of drug-likeness (QED) is 0.658. The lowest BCUT2D eigenvalue weighted by Gasteiger charge is -2.08. The molecule has 0 aliphatic rings. The monoisotopic (exact) mass is 262 g/mol. The average molecular weight is 262 g/mol. The highest BCUT2D eigenvalue weighted by atomic mass is 16.5. The van der Waals surface area contributed by atoms with Crippen LogP contribution in [0.1, 0.15) is 25.3 Å². The molecule has 1 rings (SSSR count). The maximum Gasteiger partial charge on any atom is 0.119 e. The molecule has 0 unspecified atom stereocenters. The van der Waals surface area contributed by atoms with Gasteiger partial charge in [0.2, 0.25) is 0 Å². The lowest BCUT2D eigenvalue weighted by molar-refractivity contribution is 0.149. The summed E-state index contributed by atoms with van der Waals surface area (Å²) in [6, 6.07) is 10.1. The van der Waals surface area contributed by atoms with Gasteiger partial charge in [0.25, 0.3) is 0 Å². The van der Waals surface area contributed by atoms with E-state index < -0.39 is 0 Å². The first kappa shape index (κ1) is 15.5. The Balaban J connectivity index is 2.25. The van der Waals surface area contributed by atoms with Crippen LogP contribution in [0.3, 0.4) is 0 Å². The number of nitriles is 1. The third-order valence-corrected chi connectivity index (χ3v) is 2.56. The first-order valence-electron chi connectivity index (χ1n) is 6.74. The van der Waals surface area contributed by atoms with Gasteiger partial charge in [-0.1, -0.05) is 12.1 Å². The second-order valence-electron chi connectivity index (χ2n) is 4.13. The minimum absolute atomic E-state index is 0.540. The predicted octanol–water partition coefficient (Wildman–Crippen LogP) is 2.50. The molecule has 104 valence electrons. The van der Waals surface area contributed by atoms with E-state index in [2.05, 4.69) is 17.5 Å². The molecule has 1 N–H and O–H groups in total. The van der Waals surface area contributed by atoms with E-state index in [1.807, 2.05) is 25.1 Å². The number of unbranched alkanes of at least 4 members (excludes halogenated alkanes) is 1. The maximum atomic E-state index is 8.44. The van der Waals surface area contributed by atoms with Crippen LogP contribution in [-0.2, 0) is 11.3 Å². The third-order valence-electron chi connectivity index (χ3n) is 2.56. The van der Waals surface area contributed by atoms with Crippen LogP contribution in [0, 0.1) is 11.3 Å². The first-order valence-corrected chi connectivity index (χ1v) is 6.74. The van der Waals surface area contributed by atoms with Gasteiger partial charge in [-0.2, -0.15) is 5.26 Å². The van der Waals surface area contributed by atoms with Crippen molar-refractivity contribution in [2.24, 2.45) is 0 Å². The molecular weight excluding hydrogens is 240 g/mol. The van der Waals surface area contributed by atoms with Crippen molar-refractivity contribution in [1.29, 1.82) is 5.26 Å². The number of nitrogens with zero attached hydrogens (tertiary/aromatic N) is 1. The lowest BCUT2D eigenvalue weighted by atomic mass is 10.2. The summed E-state index contributed by atoms with van der Waals surface area (Å²) in [6.45, 7) is 5.74. The topological polar surface area (TPSA) is 54.3 Å². The van der Waals surface area contributed by atoms with E-state index >= 15 is 0 Å². The van der Waals surface area contributed by atoms with E-state index in [-0.39, 0.29) is 0 Å². The Morgan fingerprint density at radius 3 is 3.00 bits per heavy atom. The molecule has 0 fully saturated rings. The molecule has 4 nitrogen and oxygen atoms in total. The van der Waals surface area contributed by atoms with Crippen LogP contribution in [0.4, 0.5) is 0 Å². The smallest absolute Gasteiger partial charge is 0.119 e. The van der Waals surface area contributed by atoms with E-state index in [1.54, 1.807) is 0 Å². The van der Waals surface area contributed by atoms with Gasteiger partial charge in [0.15, 0.2) is 0 Å². The van der Waals surface area contributed by atoms with Crippen molar-refractivity contribution in [2.75, 3.05) is 26.4 Å². The van der Waals surface area contributed by atoms with Crippen LogP contribution in [-0.4, -0.2) is 26.4 Å². The Kier molecular flexibility index (Phi) is 8.45. The van der Waals surface area contributed by atoms with Crippen LogP contribution in [0.2, 0.25) is 0 Å². The summed E-state index contributed by atoms with van der Waals surface area (Å²) in [5.74, 6) is 0.863. The van der Waals surface area contributed by atoms with Crippen molar-refractivity contribution in [3.05, 3.63) is 29.8 Å². The molecular formula is C15H22N2O2. The largest absolute Gasteiger partial charge is 0.494 e. The second-order valence-corrected chi connectivity index (χ2v) is 4.13. The average Bonchev–Trinajstić information content (AvgIpc) is 2.44. The normalized spacial score (nSPS) is 10.1. The van der Waals surface area contributed by atoms with Gasteiger partial charge in [0, 0.05) is 26.1 Å². The standard InChI is InChI=1S/C15H22N2O2/c1-2-18-11-9-17-13-14-6-5-7-15(12-14)19-10-4-3-8-16/h5-7,12,17H,2-4,9-11,13H2,1H3. The zero-order chi connectivity index (χ0) is 13.8. The SMILES string of the molecule is CCOCCNCc1cccc(OCCCC#N)c1. The van der Waals surface area contributed by atoms with Gasteiger partial charge in [-0.25, -0.2) is 0 Å². The van der Waals surface area contributed by atoms with Gasteiger partial charge >= 0.3 is 0 Å². The van der Waals surface area contributed by atoms with E-state index in [0.717, 1.165) is 38.5 Å². The molecule has 0 bridgehead atoms. The van der Waals surface area contributed by atoms with Crippen molar-refractivity contribution in [1.82, 2.24) is 5.32 Å². The van der Waals surface area contributed by atoms with Crippen LogP contribution < -0.4 is 10.1 Å². The van der Waals surface area contributed by atoms with Gasteiger partial charge in [-0.15, -0.1) is 0 Å². The van der Waals surface area contributed by atoms with Crippen LogP contribution in [0.15, 0.2) is 24.3 Å². The number of hydrogen-bond acceptors (Lipinski definition) is 4. The van der Waals surface area contributed by atoms with Crippen LogP contribution >= 0.6 is 0 Å². The summed E-state index contributed by atoms with van der Waals surface area (Å²) >= 11 is 0. The van der Waals surface area contributed by atoms with Gasteiger partial charge in [0.05, 0.1) is 19.3 Å². The summed E-state index contributed by atoms with van der Waals surface area (Å²) in [6.07, 6.45) is 1.31. The molecule has 0 aliphatic heterocycles. The number of nitrogens with one attached hydrogen (secondary N) is 1. The van der Waals surface area contributed by atoms with Gasteiger partial charge in [-0.3, -0.25) is 0 Å². The van der Waals surface area contributed by atoms with Crippen molar-refractivity contribution in [3.8, 4) is 11.8 Å². The van der Waals surface area contributed by atoms with Gasteiger partial charge < -0.3 is 14.8 Å². The second kappa shape index (κ2) is 10.4. The fourth-order valence-electron chi connectivity index (χ4n) is 1.61. The molecule has 0 radical (unpaired) electrons. The Bertz CT molecular complexity index is 388. The maximum absolute atomic E-state index is 8.44.